The number of carbonyl (C=O) groups excluding carboxylic acids is 1. The Kier molecular flexibility index (Phi) is 5.01. The van der Waals surface area contributed by atoms with Gasteiger partial charge in [0, 0.05) is 23.7 Å². The lowest BCUT2D eigenvalue weighted by Gasteiger charge is -2.26. The molecule has 132 valence electrons. The van der Waals surface area contributed by atoms with E-state index in [9.17, 15) is 13.2 Å². The van der Waals surface area contributed by atoms with E-state index in [1.54, 1.807) is 42.2 Å². The van der Waals surface area contributed by atoms with Crippen LogP contribution in [0.4, 0.5) is 11.4 Å². The van der Waals surface area contributed by atoms with E-state index in [4.69, 9.17) is 11.6 Å². The minimum atomic E-state index is -3.71. The van der Waals surface area contributed by atoms with E-state index in [-0.39, 0.29) is 10.8 Å². The molecule has 0 aromatic heterocycles. The molecule has 1 heterocycles. The van der Waals surface area contributed by atoms with E-state index >= 15 is 0 Å². The normalized spacial score (nSPS) is 15.3. The van der Waals surface area contributed by atoms with Gasteiger partial charge < -0.3 is 4.90 Å². The summed E-state index contributed by atoms with van der Waals surface area (Å²) in [5.41, 5.74) is 1.96. The molecule has 1 amide bonds. The number of carbonyl (C=O) groups is 1. The molecule has 0 spiro atoms. The van der Waals surface area contributed by atoms with Gasteiger partial charge in [0.25, 0.3) is 10.0 Å². The molecule has 1 aliphatic rings. The summed E-state index contributed by atoms with van der Waals surface area (Å²) >= 11 is 5.90. The molecule has 1 N–H and O–H groups in total. The van der Waals surface area contributed by atoms with E-state index in [1.807, 2.05) is 0 Å². The Balaban J connectivity index is 1.81. The second-order valence-electron chi connectivity index (χ2n) is 6.06. The fraction of sp³-hybridized carbons (Fsp3) is 0.278. The fourth-order valence-corrected chi connectivity index (χ4v) is 4.19. The van der Waals surface area contributed by atoms with Crippen molar-refractivity contribution in [2.45, 2.75) is 31.1 Å². The largest absolute Gasteiger partial charge is 0.312 e. The van der Waals surface area contributed by atoms with E-state index in [0.717, 1.165) is 24.1 Å². The van der Waals surface area contributed by atoms with Crippen LogP contribution in [-0.4, -0.2) is 20.9 Å². The van der Waals surface area contributed by atoms with Crippen molar-refractivity contribution in [1.29, 1.82) is 0 Å². The first kappa shape index (κ1) is 17.8. The number of hydrogen-bond donors (Lipinski definition) is 1. The maximum Gasteiger partial charge on any atom is 0.261 e. The van der Waals surface area contributed by atoms with Crippen LogP contribution in [0.5, 0.6) is 0 Å². The van der Waals surface area contributed by atoms with Gasteiger partial charge in [-0.2, -0.15) is 0 Å². The number of sulfonamides is 1. The number of benzene rings is 2. The van der Waals surface area contributed by atoms with Gasteiger partial charge in [0.1, 0.15) is 0 Å². The summed E-state index contributed by atoms with van der Waals surface area (Å²) in [6.45, 7) is 2.46. The monoisotopic (exact) mass is 378 g/mol. The van der Waals surface area contributed by atoms with Crippen LogP contribution >= 0.6 is 11.6 Å². The molecule has 1 aliphatic heterocycles. The summed E-state index contributed by atoms with van der Waals surface area (Å²) in [5, 5.41) is 0.552. The summed E-state index contributed by atoms with van der Waals surface area (Å²) in [6.07, 6.45) is 2.41. The molecular weight excluding hydrogens is 360 g/mol. The number of nitrogens with zero attached hydrogens (tertiary/aromatic N) is 1. The van der Waals surface area contributed by atoms with Gasteiger partial charge in [-0.05, 0) is 67.8 Å². The highest BCUT2D eigenvalue weighted by Gasteiger charge is 2.21. The lowest BCUT2D eigenvalue weighted by Crippen LogP contribution is -2.35. The lowest BCUT2D eigenvalue weighted by molar-refractivity contribution is -0.119. The molecule has 3 rings (SSSR count). The number of anilines is 2. The quantitative estimate of drug-likeness (QED) is 0.875. The fourth-order valence-electron chi connectivity index (χ4n) is 2.83. The number of nitrogens with one attached hydrogen (secondary N) is 1. The van der Waals surface area contributed by atoms with Gasteiger partial charge >= 0.3 is 0 Å². The molecule has 7 heteroatoms. The van der Waals surface area contributed by atoms with Crippen molar-refractivity contribution >= 4 is 38.9 Å². The smallest absolute Gasteiger partial charge is 0.261 e. The van der Waals surface area contributed by atoms with Crippen LogP contribution in [0.25, 0.3) is 0 Å². The molecule has 2 aromatic rings. The number of aryl methyl sites for hydroxylation is 1. The molecule has 0 aliphatic carbocycles. The molecule has 25 heavy (non-hydrogen) atoms. The van der Waals surface area contributed by atoms with Gasteiger partial charge in [0.2, 0.25) is 5.91 Å². The summed E-state index contributed by atoms with van der Waals surface area (Å²) in [5.74, 6) is 0.0803. The third kappa shape index (κ3) is 3.96. The molecule has 0 atom stereocenters. The summed E-state index contributed by atoms with van der Waals surface area (Å²) in [4.78, 5) is 13.8. The molecule has 0 bridgehead atoms. The Hall–Kier alpha value is -2.05. The van der Waals surface area contributed by atoms with E-state index in [0.29, 0.717) is 23.7 Å². The molecule has 0 radical (unpaired) electrons. The van der Waals surface area contributed by atoms with Crippen LogP contribution in [0.15, 0.2) is 47.4 Å². The zero-order chi connectivity index (χ0) is 18.0. The van der Waals surface area contributed by atoms with E-state index < -0.39 is 10.0 Å². The molecule has 1 fully saturated rings. The second-order valence-corrected chi connectivity index (χ2v) is 8.18. The predicted octanol–water partition coefficient (Wildman–Crippen LogP) is 3.97. The molecule has 5 nitrogen and oxygen atoms in total. The van der Waals surface area contributed by atoms with Crippen LogP contribution in [0.3, 0.4) is 0 Å². The van der Waals surface area contributed by atoms with Crippen molar-refractivity contribution < 1.29 is 13.2 Å². The van der Waals surface area contributed by atoms with Gasteiger partial charge in [-0.15, -0.1) is 0 Å². The van der Waals surface area contributed by atoms with Crippen molar-refractivity contribution in [3.8, 4) is 0 Å². The highest BCUT2D eigenvalue weighted by molar-refractivity contribution is 7.92. The van der Waals surface area contributed by atoms with Crippen molar-refractivity contribution in [3.05, 3.63) is 53.1 Å². The zero-order valence-corrected chi connectivity index (χ0v) is 15.4. The third-order valence-corrected chi connectivity index (χ3v) is 5.83. The molecule has 1 saturated heterocycles. The van der Waals surface area contributed by atoms with Crippen molar-refractivity contribution in [1.82, 2.24) is 0 Å². The maximum atomic E-state index is 12.6. The van der Waals surface area contributed by atoms with Crippen LogP contribution in [0, 0.1) is 6.92 Å². The average molecular weight is 379 g/mol. The van der Waals surface area contributed by atoms with Gasteiger partial charge in [0.15, 0.2) is 0 Å². The minimum absolute atomic E-state index is 0.0803. The van der Waals surface area contributed by atoms with Crippen LogP contribution in [0.2, 0.25) is 5.02 Å². The summed E-state index contributed by atoms with van der Waals surface area (Å²) in [7, 11) is -3.71. The predicted molar refractivity (Wildman–Crippen MR) is 99.6 cm³/mol. The van der Waals surface area contributed by atoms with Crippen LogP contribution < -0.4 is 9.62 Å². The summed E-state index contributed by atoms with van der Waals surface area (Å²) in [6, 6.07) is 11.4. The summed E-state index contributed by atoms with van der Waals surface area (Å²) < 4.78 is 27.7. The number of piperidine rings is 1. The van der Waals surface area contributed by atoms with Crippen LogP contribution in [-0.2, 0) is 14.8 Å². The lowest BCUT2D eigenvalue weighted by atomic mass is 10.1. The first-order valence-corrected chi connectivity index (χ1v) is 9.92. The van der Waals surface area contributed by atoms with Gasteiger partial charge in [-0.25, -0.2) is 8.42 Å². The average Bonchev–Trinajstić information content (AvgIpc) is 2.58. The molecule has 2 aromatic carbocycles. The topological polar surface area (TPSA) is 66.5 Å². The Morgan fingerprint density at radius 2 is 1.80 bits per heavy atom. The number of hydrogen-bond acceptors (Lipinski definition) is 3. The number of halogens is 1. The maximum absolute atomic E-state index is 12.6. The van der Waals surface area contributed by atoms with Crippen molar-refractivity contribution in [2.24, 2.45) is 0 Å². The van der Waals surface area contributed by atoms with Crippen LogP contribution in [0.1, 0.15) is 24.8 Å². The second kappa shape index (κ2) is 7.06. The first-order chi connectivity index (χ1) is 11.9. The number of amides is 1. The zero-order valence-electron chi connectivity index (χ0n) is 13.8. The SMILES string of the molecule is Cc1cc(Cl)ccc1NS(=O)(=O)c1ccc(N2CCCCC2=O)cc1. The highest BCUT2D eigenvalue weighted by Crippen LogP contribution is 2.25. The number of rotatable bonds is 4. The minimum Gasteiger partial charge on any atom is -0.312 e. The molecular formula is C18H19ClN2O3S. The third-order valence-electron chi connectivity index (χ3n) is 4.21. The van der Waals surface area contributed by atoms with Crippen molar-refractivity contribution in [2.75, 3.05) is 16.2 Å². The Labute approximate surface area is 152 Å². The first-order valence-electron chi connectivity index (χ1n) is 8.06. The van der Waals surface area contributed by atoms with Gasteiger partial charge in [0.05, 0.1) is 10.6 Å². The Morgan fingerprint density at radius 3 is 2.44 bits per heavy atom. The van der Waals surface area contributed by atoms with Gasteiger partial charge in [-0.3, -0.25) is 9.52 Å². The molecule has 0 saturated carbocycles. The van der Waals surface area contributed by atoms with Crippen molar-refractivity contribution in [3.63, 3.8) is 0 Å². The Morgan fingerprint density at radius 1 is 1.08 bits per heavy atom. The van der Waals surface area contributed by atoms with E-state index in [1.165, 1.54) is 12.1 Å². The highest BCUT2D eigenvalue weighted by atomic mass is 35.5. The Bertz CT molecular complexity index is 895. The van der Waals surface area contributed by atoms with Gasteiger partial charge in [-0.1, -0.05) is 11.6 Å². The standard InChI is InChI=1S/C18H19ClN2O3S/c1-13-12-14(19)5-10-17(13)20-25(23,24)16-8-6-15(7-9-16)21-11-3-2-4-18(21)22/h5-10,12,20H,2-4,11H2,1H3. The van der Waals surface area contributed by atoms with E-state index in [2.05, 4.69) is 4.72 Å². The molecule has 0 unspecified atom stereocenters.